The number of hydrogen-bond acceptors (Lipinski definition) is 4. The SMILES string of the molecule is CS(=O)(=O)c1ccc(-n2ncc3c2C[C@H]2CC[C@@H]3N2Cc2ccccc2F)cc1. The zero-order valence-corrected chi connectivity index (χ0v) is 16.9. The molecule has 5 rings (SSSR count). The molecule has 1 saturated heterocycles. The van der Waals surface area contributed by atoms with Crippen molar-refractivity contribution >= 4 is 9.84 Å². The van der Waals surface area contributed by atoms with E-state index in [1.807, 2.05) is 23.0 Å². The summed E-state index contributed by atoms with van der Waals surface area (Å²) in [5.41, 5.74) is 3.97. The van der Waals surface area contributed by atoms with Gasteiger partial charge in [0.2, 0.25) is 0 Å². The summed E-state index contributed by atoms with van der Waals surface area (Å²) < 4.78 is 39.5. The van der Waals surface area contributed by atoms with Gasteiger partial charge in [-0.2, -0.15) is 5.10 Å². The quantitative estimate of drug-likeness (QED) is 0.657. The van der Waals surface area contributed by atoms with Crippen molar-refractivity contribution < 1.29 is 12.8 Å². The Morgan fingerprint density at radius 1 is 1.10 bits per heavy atom. The van der Waals surface area contributed by atoms with Crippen LogP contribution in [0.5, 0.6) is 0 Å². The van der Waals surface area contributed by atoms with E-state index in [4.69, 9.17) is 0 Å². The van der Waals surface area contributed by atoms with Crippen molar-refractivity contribution in [3.8, 4) is 5.69 Å². The Hall–Kier alpha value is -2.51. The maximum atomic E-state index is 14.2. The summed E-state index contributed by atoms with van der Waals surface area (Å²) in [7, 11) is -3.22. The molecule has 3 aromatic rings. The lowest BCUT2D eigenvalue weighted by molar-refractivity contribution is 0.165. The van der Waals surface area contributed by atoms with Crippen molar-refractivity contribution in [1.82, 2.24) is 14.7 Å². The lowest BCUT2D eigenvalue weighted by atomic mass is 9.99. The molecule has 150 valence electrons. The van der Waals surface area contributed by atoms with E-state index in [1.165, 1.54) is 23.6 Å². The summed E-state index contributed by atoms with van der Waals surface area (Å²) in [6, 6.07) is 14.4. The van der Waals surface area contributed by atoms with E-state index in [2.05, 4.69) is 10.00 Å². The van der Waals surface area contributed by atoms with E-state index in [0.717, 1.165) is 30.5 Å². The number of aromatic nitrogens is 2. The molecule has 0 spiro atoms. The molecule has 2 atom stereocenters. The highest BCUT2D eigenvalue weighted by Gasteiger charge is 2.42. The lowest BCUT2D eigenvalue weighted by Crippen LogP contribution is -2.37. The molecule has 2 aliphatic rings. The van der Waals surface area contributed by atoms with Crippen molar-refractivity contribution in [3.05, 3.63) is 77.4 Å². The Morgan fingerprint density at radius 3 is 2.59 bits per heavy atom. The van der Waals surface area contributed by atoms with Crippen LogP contribution in [0.2, 0.25) is 0 Å². The van der Waals surface area contributed by atoms with E-state index in [-0.39, 0.29) is 11.9 Å². The first kappa shape index (κ1) is 18.5. The van der Waals surface area contributed by atoms with Crippen LogP contribution in [0, 0.1) is 5.82 Å². The molecule has 2 aliphatic heterocycles. The zero-order valence-electron chi connectivity index (χ0n) is 16.1. The van der Waals surface area contributed by atoms with Gasteiger partial charge in [0.15, 0.2) is 9.84 Å². The highest BCUT2D eigenvalue weighted by atomic mass is 32.2. The van der Waals surface area contributed by atoms with Gasteiger partial charge >= 0.3 is 0 Å². The van der Waals surface area contributed by atoms with E-state index < -0.39 is 9.84 Å². The topological polar surface area (TPSA) is 55.2 Å². The monoisotopic (exact) mass is 411 g/mol. The average Bonchev–Trinajstić information content (AvgIpc) is 3.23. The fourth-order valence-corrected chi connectivity index (χ4v) is 5.33. The zero-order chi connectivity index (χ0) is 20.2. The van der Waals surface area contributed by atoms with Gasteiger partial charge in [-0.05, 0) is 43.2 Å². The number of fused-ring (bicyclic) bond motifs is 4. The van der Waals surface area contributed by atoms with Gasteiger partial charge in [0, 0.05) is 42.4 Å². The second-order valence-corrected chi connectivity index (χ2v) is 9.96. The molecule has 0 aliphatic carbocycles. The fourth-order valence-electron chi connectivity index (χ4n) is 4.70. The molecule has 1 fully saturated rings. The van der Waals surface area contributed by atoms with Gasteiger partial charge in [0.1, 0.15) is 5.82 Å². The maximum absolute atomic E-state index is 14.2. The van der Waals surface area contributed by atoms with Gasteiger partial charge in [0.25, 0.3) is 0 Å². The Balaban J connectivity index is 1.46. The summed E-state index contributed by atoms with van der Waals surface area (Å²) in [6.07, 6.45) is 6.11. The second kappa shape index (κ2) is 6.78. The summed E-state index contributed by atoms with van der Waals surface area (Å²) in [5.74, 6) is -0.153. The van der Waals surface area contributed by atoms with Crippen LogP contribution in [-0.4, -0.2) is 35.4 Å². The van der Waals surface area contributed by atoms with E-state index >= 15 is 0 Å². The smallest absolute Gasteiger partial charge is 0.175 e. The summed E-state index contributed by atoms with van der Waals surface area (Å²) in [4.78, 5) is 2.71. The first-order valence-electron chi connectivity index (χ1n) is 9.78. The van der Waals surface area contributed by atoms with Crippen molar-refractivity contribution in [3.63, 3.8) is 0 Å². The van der Waals surface area contributed by atoms with Crippen LogP contribution in [0.1, 0.15) is 35.7 Å². The van der Waals surface area contributed by atoms with Gasteiger partial charge in [-0.3, -0.25) is 4.90 Å². The molecule has 3 heterocycles. The second-order valence-electron chi connectivity index (χ2n) is 7.94. The molecule has 1 aromatic heterocycles. The number of hydrogen-bond donors (Lipinski definition) is 0. The number of nitrogens with zero attached hydrogens (tertiary/aromatic N) is 3. The molecular weight excluding hydrogens is 389 g/mol. The Morgan fingerprint density at radius 2 is 1.86 bits per heavy atom. The third kappa shape index (κ3) is 3.18. The summed E-state index contributed by atoms with van der Waals surface area (Å²) in [6.45, 7) is 0.607. The van der Waals surface area contributed by atoms with E-state index in [1.54, 1.807) is 30.3 Å². The lowest BCUT2D eigenvalue weighted by Gasteiger charge is -2.35. The number of halogens is 1. The molecule has 2 aromatic carbocycles. The van der Waals surface area contributed by atoms with Crippen LogP contribution < -0.4 is 0 Å². The molecule has 0 N–H and O–H groups in total. The largest absolute Gasteiger partial charge is 0.289 e. The fraction of sp³-hybridized carbons (Fsp3) is 0.318. The van der Waals surface area contributed by atoms with Crippen LogP contribution in [-0.2, 0) is 22.8 Å². The molecule has 0 unspecified atom stereocenters. The van der Waals surface area contributed by atoms with Gasteiger partial charge in [-0.25, -0.2) is 17.5 Å². The van der Waals surface area contributed by atoms with Gasteiger partial charge in [0.05, 0.1) is 22.5 Å². The Labute approximate surface area is 169 Å². The molecule has 7 heteroatoms. The van der Waals surface area contributed by atoms with Crippen molar-refractivity contribution in [2.45, 2.75) is 42.8 Å². The summed E-state index contributed by atoms with van der Waals surface area (Å²) >= 11 is 0. The number of sulfone groups is 1. The molecule has 29 heavy (non-hydrogen) atoms. The van der Waals surface area contributed by atoms with Crippen LogP contribution in [0.15, 0.2) is 59.6 Å². The highest BCUT2D eigenvalue weighted by Crippen LogP contribution is 2.45. The minimum atomic E-state index is -3.22. The molecule has 5 nitrogen and oxygen atoms in total. The standard InChI is InChI=1S/C22H22FN3O2S/c1-29(27,28)18-9-6-16(7-10-18)26-22-12-17-8-11-21(19(22)13-24-26)25(17)14-15-4-2-3-5-20(15)23/h2-7,9-10,13,17,21H,8,11-12,14H2,1H3/t17-,21+/m1/s1. The first-order valence-corrected chi connectivity index (χ1v) is 11.7. The predicted octanol–water partition coefficient (Wildman–Crippen LogP) is 3.68. The highest BCUT2D eigenvalue weighted by molar-refractivity contribution is 7.90. The van der Waals surface area contributed by atoms with Crippen molar-refractivity contribution in [2.75, 3.05) is 6.26 Å². The third-order valence-corrected chi connectivity index (χ3v) is 7.28. The average molecular weight is 412 g/mol. The molecule has 0 radical (unpaired) electrons. The van der Waals surface area contributed by atoms with Crippen molar-refractivity contribution in [1.29, 1.82) is 0 Å². The van der Waals surface area contributed by atoms with Crippen LogP contribution in [0.4, 0.5) is 4.39 Å². The summed E-state index contributed by atoms with van der Waals surface area (Å²) in [5, 5.41) is 4.60. The Kier molecular flexibility index (Phi) is 4.33. The molecule has 2 bridgehead atoms. The predicted molar refractivity (Wildman–Crippen MR) is 108 cm³/mol. The van der Waals surface area contributed by atoms with E-state index in [0.29, 0.717) is 17.5 Å². The van der Waals surface area contributed by atoms with Gasteiger partial charge < -0.3 is 0 Å². The van der Waals surface area contributed by atoms with Crippen LogP contribution in [0.25, 0.3) is 5.69 Å². The normalized spacial score (nSPS) is 21.3. The maximum Gasteiger partial charge on any atom is 0.175 e. The number of benzene rings is 2. The third-order valence-electron chi connectivity index (χ3n) is 6.15. The van der Waals surface area contributed by atoms with Crippen LogP contribution in [0.3, 0.4) is 0 Å². The first-order chi connectivity index (χ1) is 13.9. The van der Waals surface area contributed by atoms with Crippen molar-refractivity contribution in [2.24, 2.45) is 0 Å². The molecule has 0 amide bonds. The van der Waals surface area contributed by atoms with Gasteiger partial charge in [-0.1, -0.05) is 18.2 Å². The Bertz CT molecular complexity index is 1170. The minimum absolute atomic E-state index is 0.153. The van der Waals surface area contributed by atoms with Gasteiger partial charge in [-0.15, -0.1) is 0 Å². The minimum Gasteiger partial charge on any atom is -0.289 e. The van der Waals surface area contributed by atoms with Crippen LogP contribution >= 0.6 is 0 Å². The number of rotatable bonds is 4. The van der Waals surface area contributed by atoms with E-state index in [9.17, 15) is 12.8 Å². The molecule has 0 saturated carbocycles. The molecular formula is C22H22FN3O2S.